The van der Waals surface area contributed by atoms with Crippen molar-refractivity contribution in [3.05, 3.63) is 70.3 Å². The van der Waals surface area contributed by atoms with E-state index in [4.69, 9.17) is 0 Å². The molecule has 0 unspecified atom stereocenters. The fourth-order valence-electron chi connectivity index (χ4n) is 2.94. The number of carbonyl (C=O) groups is 3. The summed E-state index contributed by atoms with van der Waals surface area (Å²) in [5.74, 6) is -1.36. The lowest BCUT2D eigenvalue weighted by Gasteiger charge is -2.14. The number of rotatable bonds is 3. The number of aromatic nitrogens is 1. The number of anilines is 1. The van der Waals surface area contributed by atoms with Gasteiger partial charge in [-0.25, -0.2) is 0 Å². The molecule has 0 fully saturated rings. The molecule has 6 nitrogen and oxygen atoms in total. The van der Waals surface area contributed by atoms with Crippen molar-refractivity contribution in [1.29, 1.82) is 0 Å². The molecule has 3 amide bonds. The lowest BCUT2D eigenvalue weighted by Crippen LogP contribution is -2.37. The van der Waals surface area contributed by atoms with Crippen LogP contribution in [0.25, 0.3) is 10.9 Å². The van der Waals surface area contributed by atoms with E-state index in [0.717, 1.165) is 20.3 Å². The van der Waals surface area contributed by atoms with E-state index < -0.39 is 17.7 Å². The molecule has 7 heteroatoms. The highest BCUT2D eigenvalue weighted by molar-refractivity contribution is 9.10. The number of carbonyl (C=O) groups excluding carboxylic acids is 3. The van der Waals surface area contributed by atoms with Crippen LogP contribution in [0.4, 0.5) is 5.69 Å². The average Bonchev–Trinajstić information content (AvgIpc) is 2.87. The Morgan fingerprint density at radius 1 is 1.04 bits per heavy atom. The highest BCUT2D eigenvalue weighted by Gasteiger charge is 2.36. The molecular weight excluding hydrogens is 398 g/mol. The largest absolute Gasteiger partial charge is 0.324 e. The summed E-state index contributed by atoms with van der Waals surface area (Å²) < 4.78 is 0.855. The summed E-state index contributed by atoms with van der Waals surface area (Å²) in [6.45, 7) is -0.343. The topological polar surface area (TPSA) is 79.4 Å². The second-order valence-corrected chi connectivity index (χ2v) is 6.73. The number of benzene rings is 2. The van der Waals surface area contributed by atoms with Crippen LogP contribution >= 0.6 is 15.9 Å². The smallest absolute Gasteiger partial charge is 0.262 e. The zero-order valence-corrected chi connectivity index (χ0v) is 15.0. The van der Waals surface area contributed by atoms with Gasteiger partial charge < -0.3 is 5.32 Å². The highest BCUT2D eigenvalue weighted by atomic mass is 79.9. The van der Waals surface area contributed by atoms with Crippen LogP contribution in [0.5, 0.6) is 0 Å². The molecule has 2 heterocycles. The molecule has 0 aliphatic carbocycles. The minimum Gasteiger partial charge on any atom is -0.324 e. The van der Waals surface area contributed by atoms with Crippen LogP contribution in [-0.4, -0.2) is 34.2 Å². The maximum atomic E-state index is 12.4. The van der Waals surface area contributed by atoms with E-state index in [0.29, 0.717) is 16.8 Å². The first-order valence-electron chi connectivity index (χ1n) is 7.84. The highest BCUT2D eigenvalue weighted by Crippen LogP contribution is 2.26. The van der Waals surface area contributed by atoms with Gasteiger partial charge in [0, 0.05) is 16.1 Å². The van der Waals surface area contributed by atoms with Crippen LogP contribution in [0.1, 0.15) is 20.7 Å². The Hall–Kier alpha value is -3.06. The fraction of sp³-hybridized carbons (Fsp3) is 0.0526. The SMILES string of the molecule is O=C(CN1C(=O)c2ccccc2C1=O)Nc1ccnc2ccc(Br)cc12. The predicted molar refractivity (Wildman–Crippen MR) is 99.9 cm³/mol. The van der Waals surface area contributed by atoms with Crippen LogP contribution in [-0.2, 0) is 4.79 Å². The van der Waals surface area contributed by atoms with Gasteiger partial charge in [0.25, 0.3) is 11.8 Å². The van der Waals surface area contributed by atoms with E-state index in [9.17, 15) is 14.4 Å². The molecule has 1 aromatic heterocycles. The summed E-state index contributed by atoms with van der Waals surface area (Å²) in [5.41, 5.74) is 1.94. The molecular formula is C19H12BrN3O3. The third kappa shape index (κ3) is 2.76. The van der Waals surface area contributed by atoms with Crippen molar-refractivity contribution in [2.24, 2.45) is 0 Å². The second-order valence-electron chi connectivity index (χ2n) is 5.81. The number of fused-ring (bicyclic) bond motifs is 2. The molecule has 2 aromatic carbocycles. The zero-order chi connectivity index (χ0) is 18.3. The number of pyridine rings is 1. The minimum atomic E-state index is -0.455. The Balaban J connectivity index is 1.57. The number of imide groups is 1. The number of halogens is 1. The van der Waals surface area contributed by atoms with Crippen molar-refractivity contribution >= 4 is 50.2 Å². The molecule has 0 spiro atoms. The van der Waals surface area contributed by atoms with E-state index >= 15 is 0 Å². The number of nitrogens with one attached hydrogen (secondary N) is 1. The van der Waals surface area contributed by atoms with Crippen molar-refractivity contribution in [1.82, 2.24) is 9.88 Å². The summed E-state index contributed by atoms with van der Waals surface area (Å²) in [7, 11) is 0. The summed E-state index contributed by atoms with van der Waals surface area (Å²) in [5, 5.41) is 3.52. The Kier molecular flexibility index (Phi) is 4.00. The molecule has 0 atom stereocenters. The molecule has 0 saturated heterocycles. The maximum absolute atomic E-state index is 12.4. The number of hydrogen-bond acceptors (Lipinski definition) is 4. The summed E-state index contributed by atoms with van der Waals surface area (Å²) in [4.78, 5) is 42.4. The van der Waals surface area contributed by atoms with Crippen molar-refractivity contribution in [2.45, 2.75) is 0 Å². The van der Waals surface area contributed by atoms with Gasteiger partial charge in [-0.3, -0.25) is 24.3 Å². The number of nitrogens with zero attached hydrogens (tertiary/aromatic N) is 2. The van der Waals surface area contributed by atoms with Gasteiger partial charge in [0.15, 0.2) is 0 Å². The first-order valence-corrected chi connectivity index (χ1v) is 8.63. The quantitative estimate of drug-likeness (QED) is 0.673. The van der Waals surface area contributed by atoms with E-state index in [1.165, 1.54) is 0 Å². The molecule has 0 radical (unpaired) electrons. The Labute approximate surface area is 157 Å². The summed E-state index contributed by atoms with van der Waals surface area (Å²) in [6, 6.07) is 13.8. The van der Waals surface area contributed by atoms with Crippen LogP contribution < -0.4 is 5.32 Å². The van der Waals surface area contributed by atoms with Gasteiger partial charge in [-0.05, 0) is 36.4 Å². The van der Waals surface area contributed by atoms with Crippen LogP contribution in [0.2, 0.25) is 0 Å². The Morgan fingerprint density at radius 3 is 2.42 bits per heavy atom. The Morgan fingerprint density at radius 2 is 1.73 bits per heavy atom. The first kappa shape index (κ1) is 16.4. The van der Waals surface area contributed by atoms with Gasteiger partial charge in [0.2, 0.25) is 5.91 Å². The minimum absolute atomic E-state index is 0.323. The third-order valence-corrected chi connectivity index (χ3v) is 4.65. The van der Waals surface area contributed by atoms with Gasteiger partial charge in [-0.1, -0.05) is 28.1 Å². The number of amides is 3. The summed E-state index contributed by atoms with van der Waals surface area (Å²) >= 11 is 3.40. The maximum Gasteiger partial charge on any atom is 0.262 e. The second kappa shape index (κ2) is 6.34. The zero-order valence-electron chi connectivity index (χ0n) is 13.4. The van der Waals surface area contributed by atoms with E-state index in [-0.39, 0.29) is 6.54 Å². The van der Waals surface area contributed by atoms with Gasteiger partial charge in [0.1, 0.15) is 6.54 Å². The molecule has 0 bridgehead atoms. The molecule has 128 valence electrons. The van der Waals surface area contributed by atoms with Crippen LogP contribution in [0.15, 0.2) is 59.2 Å². The van der Waals surface area contributed by atoms with Gasteiger partial charge in [-0.15, -0.1) is 0 Å². The molecule has 1 aliphatic heterocycles. The normalized spacial score (nSPS) is 13.2. The van der Waals surface area contributed by atoms with Crippen LogP contribution in [0, 0.1) is 0 Å². The molecule has 3 aromatic rings. The van der Waals surface area contributed by atoms with Gasteiger partial charge >= 0.3 is 0 Å². The van der Waals surface area contributed by atoms with Crippen molar-refractivity contribution < 1.29 is 14.4 Å². The monoisotopic (exact) mass is 409 g/mol. The van der Waals surface area contributed by atoms with Crippen LogP contribution in [0.3, 0.4) is 0 Å². The molecule has 4 rings (SSSR count). The molecule has 26 heavy (non-hydrogen) atoms. The fourth-order valence-corrected chi connectivity index (χ4v) is 3.30. The Bertz CT molecular complexity index is 1050. The average molecular weight is 410 g/mol. The van der Waals surface area contributed by atoms with E-state index in [1.54, 1.807) is 36.5 Å². The molecule has 1 N–H and O–H groups in total. The molecule has 0 saturated carbocycles. The summed E-state index contributed by atoms with van der Waals surface area (Å²) in [6.07, 6.45) is 1.59. The van der Waals surface area contributed by atoms with E-state index in [1.807, 2.05) is 18.2 Å². The predicted octanol–water partition coefficient (Wildman–Crippen LogP) is 3.23. The van der Waals surface area contributed by atoms with E-state index in [2.05, 4.69) is 26.2 Å². The lowest BCUT2D eigenvalue weighted by molar-refractivity contribution is -0.116. The van der Waals surface area contributed by atoms with Crippen molar-refractivity contribution in [3.63, 3.8) is 0 Å². The first-order chi connectivity index (χ1) is 12.5. The van der Waals surface area contributed by atoms with Gasteiger partial charge in [0.05, 0.1) is 22.3 Å². The van der Waals surface area contributed by atoms with Crippen molar-refractivity contribution in [3.8, 4) is 0 Å². The standard InChI is InChI=1S/C19H12BrN3O3/c20-11-5-6-15-14(9-11)16(7-8-21-15)22-17(24)10-23-18(25)12-3-1-2-4-13(12)19(23)26/h1-9H,10H2,(H,21,22,24). The number of hydrogen-bond donors (Lipinski definition) is 1. The van der Waals surface area contributed by atoms with Crippen molar-refractivity contribution in [2.75, 3.05) is 11.9 Å². The van der Waals surface area contributed by atoms with Gasteiger partial charge in [-0.2, -0.15) is 0 Å². The third-order valence-electron chi connectivity index (χ3n) is 4.16. The molecule has 1 aliphatic rings. The lowest BCUT2D eigenvalue weighted by atomic mass is 10.1.